The van der Waals surface area contributed by atoms with Crippen molar-refractivity contribution in [1.82, 2.24) is 4.72 Å². The van der Waals surface area contributed by atoms with Crippen LogP contribution in [-0.2, 0) is 10.0 Å². The minimum Gasteiger partial charge on any atom is -0.218 e. The number of nitrogens with one attached hydrogen (secondary N) is 1. The Bertz CT molecular complexity index is 219. The van der Waals surface area contributed by atoms with Crippen LogP contribution in [0.2, 0.25) is 0 Å². The molecule has 0 bridgehead atoms. The van der Waals surface area contributed by atoms with Crippen molar-refractivity contribution in [1.29, 1.82) is 0 Å². The van der Waals surface area contributed by atoms with E-state index >= 15 is 0 Å². The van der Waals surface area contributed by atoms with E-state index in [9.17, 15) is 8.42 Å². The molecule has 1 aliphatic rings. The SMILES string of the molecule is CNS(=O)(=O)C(C)C1CCC1. The van der Waals surface area contributed by atoms with E-state index < -0.39 is 10.0 Å². The lowest BCUT2D eigenvalue weighted by Gasteiger charge is -2.30. The number of hydrogen-bond acceptors (Lipinski definition) is 2. The van der Waals surface area contributed by atoms with Crippen LogP contribution in [0, 0.1) is 5.92 Å². The Balaban J connectivity index is 2.59. The van der Waals surface area contributed by atoms with E-state index in [0.717, 1.165) is 12.8 Å². The molecule has 0 heterocycles. The summed E-state index contributed by atoms with van der Waals surface area (Å²) in [6.45, 7) is 1.79. The van der Waals surface area contributed by atoms with Crippen molar-refractivity contribution in [2.75, 3.05) is 7.05 Å². The molecule has 1 unspecified atom stereocenters. The lowest BCUT2D eigenvalue weighted by molar-refractivity contribution is 0.306. The molecule has 0 aromatic rings. The maximum atomic E-state index is 11.2. The molecule has 0 amide bonds. The third-order valence-electron chi connectivity index (χ3n) is 2.59. The molecule has 1 saturated carbocycles. The van der Waals surface area contributed by atoms with Gasteiger partial charge in [-0.15, -0.1) is 0 Å². The van der Waals surface area contributed by atoms with Gasteiger partial charge in [0.2, 0.25) is 10.0 Å². The van der Waals surface area contributed by atoms with Gasteiger partial charge in [0.05, 0.1) is 5.25 Å². The van der Waals surface area contributed by atoms with Gasteiger partial charge in [-0.25, -0.2) is 13.1 Å². The molecule has 3 nitrogen and oxygen atoms in total. The molecule has 4 heteroatoms. The van der Waals surface area contributed by atoms with Crippen molar-refractivity contribution in [2.45, 2.75) is 31.4 Å². The van der Waals surface area contributed by atoms with Crippen LogP contribution in [0.4, 0.5) is 0 Å². The zero-order valence-electron chi connectivity index (χ0n) is 7.00. The average molecular weight is 177 g/mol. The summed E-state index contributed by atoms with van der Waals surface area (Å²) < 4.78 is 24.8. The molecule has 11 heavy (non-hydrogen) atoms. The minimum absolute atomic E-state index is 0.207. The Kier molecular flexibility index (Phi) is 2.54. The van der Waals surface area contributed by atoms with Gasteiger partial charge in [-0.2, -0.15) is 0 Å². The lowest BCUT2D eigenvalue weighted by atomic mass is 9.83. The second kappa shape index (κ2) is 3.11. The van der Waals surface area contributed by atoms with Gasteiger partial charge in [0.1, 0.15) is 0 Å². The van der Waals surface area contributed by atoms with Crippen LogP contribution in [-0.4, -0.2) is 20.7 Å². The normalized spacial score (nSPS) is 22.7. The fourth-order valence-corrected chi connectivity index (χ4v) is 2.50. The van der Waals surface area contributed by atoms with Crippen LogP contribution in [0.1, 0.15) is 26.2 Å². The molecule has 1 aliphatic carbocycles. The number of hydrogen-bond donors (Lipinski definition) is 1. The van der Waals surface area contributed by atoms with E-state index in [0.29, 0.717) is 5.92 Å². The summed E-state index contributed by atoms with van der Waals surface area (Å²) in [7, 11) is -1.53. The first kappa shape index (κ1) is 9.00. The number of sulfonamides is 1. The van der Waals surface area contributed by atoms with Gasteiger partial charge in [-0.05, 0) is 32.7 Å². The third-order valence-corrected chi connectivity index (χ3v) is 4.52. The van der Waals surface area contributed by atoms with Gasteiger partial charge in [0.15, 0.2) is 0 Å². The summed E-state index contributed by atoms with van der Waals surface area (Å²) in [6.07, 6.45) is 3.33. The largest absolute Gasteiger partial charge is 0.218 e. The third kappa shape index (κ3) is 1.73. The molecule has 0 aromatic carbocycles. The fraction of sp³-hybridized carbons (Fsp3) is 1.00. The van der Waals surface area contributed by atoms with Gasteiger partial charge in [0, 0.05) is 0 Å². The molecule has 1 N–H and O–H groups in total. The van der Waals surface area contributed by atoms with E-state index in [-0.39, 0.29) is 5.25 Å². The molecule has 0 saturated heterocycles. The van der Waals surface area contributed by atoms with Gasteiger partial charge < -0.3 is 0 Å². The average Bonchev–Trinajstić information content (AvgIpc) is 1.84. The van der Waals surface area contributed by atoms with Crippen molar-refractivity contribution >= 4 is 10.0 Å². The van der Waals surface area contributed by atoms with E-state index in [4.69, 9.17) is 0 Å². The first-order valence-corrected chi connectivity index (χ1v) is 5.55. The highest BCUT2D eigenvalue weighted by atomic mass is 32.2. The van der Waals surface area contributed by atoms with E-state index in [1.165, 1.54) is 13.5 Å². The molecular weight excluding hydrogens is 162 g/mol. The van der Waals surface area contributed by atoms with Crippen molar-refractivity contribution in [3.05, 3.63) is 0 Å². The molecule has 0 aliphatic heterocycles. The molecular formula is C7H15NO2S. The Labute approximate surface area is 68.2 Å². The highest BCUT2D eigenvalue weighted by Crippen LogP contribution is 2.32. The Morgan fingerprint density at radius 3 is 2.27 bits per heavy atom. The first-order chi connectivity index (χ1) is 5.08. The summed E-state index contributed by atoms with van der Waals surface area (Å²) >= 11 is 0. The Hall–Kier alpha value is -0.0900. The summed E-state index contributed by atoms with van der Waals surface area (Å²) in [6, 6.07) is 0. The van der Waals surface area contributed by atoms with Crippen LogP contribution < -0.4 is 4.72 Å². The highest BCUT2D eigenvalue weighted by Gasteiger charge is 2.31. The van der Waals surface area contributed by atoms with E-state index in [1.807, 2.05) is 0 Å². The zero-order valence-corrected chi connectivity index (χ0v) is 7.82. The summed E-state index contributed by atoms with van der Waals surface area (Å²) in [5.74, 6) is 0.396. The molecule has 66 valence electrons. The molecule has 0 spiro atoms. The van der Waals surface area contributed by atoms with Gasteiger partial charge >= 0.3 is 0 Å². The van der Waals surface area contributed by atoms with Crippen LogP contribution in [0.3, 0.4) is 0 Å². The van der Waals surface area contributed by atoms with Crippen molar-refractivity contribution < 1.29 is 8.42 Å². The predicted octanol–water partition coefficient (Wildman–Crippen LogP) is 0.724. The first-order valence-electron chi connectivity index (χ1n) is 4.00. The molecule has 1 fully saturated rings. The zero-order chi connectivity index (χ0) is 8.48. The molecule has 0 radical (unpaired) electrons. The molecule has 0 aromatic heterocycles. The Morgan fingerprint density at radius 1 is 1.45 bits per heavy atom. The summed E-state index contributed by atoms with van der Waals surface area (Å²) in [5.41, 5.74) is 0. The molecule has 1 rings (SSSR count). The minimum atomic E-state index is -3.01. The van der Waals surface area contributed by atoms with E-state index in [1.54, 1.807) is 6.92 Å². The van der Waals surface area contributed by atoms with Crippen molar-refractivity contribution in [2.24, 2.45) is 5.92 Å². The Morgan fingerprint density at radius 2 is 2.00 bits per heavy atom. The van der Waals surface area contributed by atoms with Crippen LogP contribution in [0.25, 0.3) is 0 Å². The highest BCUT2D eigenvalue weighted by molar-refractivity contribution is 7.90. The van der Waals surface area contributed by atoms with Gasteiger partial charge in [-0.3, -0.25) is 0 Å². The predicted molar refractivity (Wildman–Crippen MR) is 44.8 cm³/mol. The topological polar surface area (TPSA) is 46.2 Å². The standard InChI is InChI=1S/C7H15NO2S/c1-6(7-4-3-5-7)11(9,10)8-2/h6-8H,3-5H2,1-2H3. The second-order valence-electron chi connectivity index (χ2n) is 3.15. The monoisotopic (exact) mass is 177 g/mol. The van der Waals surface area contributed by atoms with Gasteiger partial charge in [0.25, 0.3) is 0 Å². The van der Waals surface area contributed by atoms with Crippen molar-refractivity contribution in [3.8, 4) is 0 Å². The fourth-order valence-electron chi connectivity index (χ4n) is 1.35. The van der Waals surface area contributed by atoms with E-state index in [2.05, 4.69) is 4.72 Å². The maximum absolute atomic E-state index is 11.2. The maximum Gasteiger partial charge on any atom is 0.214 e. The van der Waals surface area contributed by atoms with Crippen LogP contribution in [0.15, 0.2) is 0 Å². The quantitative estimate of drug-likeness (QED) is 0.690. The van der Waals surface area contributed by atoms with Crippen LogP contribution >= 0.6 is 0 Å². The van der Waals surface area contributed by atoms with Gasteiger partial charge in [-0.1, -0.05) is 6.42 Å². The smallest absolute Gasteiger partial charge is 0.214 e. The second-order valence-corrected chi connectivity index (χ2v) is 5.39. The lowest BCUT2D eigenvalue weighted by Crippen LogP contribution is -2.37. The number of rotatable bonds is 3. The summed E-state index contributed by atoms with van der Waals surface area (Å²) in [5, 5.41) is -0.207. The van der Waals surface area contributed by atoms with Crippen LogP contribution in [0.5, 0.6) is 0 Å². The molecule has 1 atom stereocenters. The van der Waals surface area contributed by atoms with Crippen molar-refractivity contribution in [3.63, 3.8) is 0 Å². The summed E-state index contributed by atoms with van der Waals surface area (Å²) in [4.78, 5) is 0.